The Morgan fingerprint density at radius 3 is 3.17 bits per heavy atom. The third-order valence-electron chi connectivity index (χ3n) is 3.34. The standard InChI is InChI=1S/C13H17N5/c1-10(15-9-11-5-2-3-7-14-11)13-17-16-12-6-4-8-18(12)13/h2-3,5,7,10,15H,4,6,8-9H2,1H3. The van der Waals surface area contributed by atoms with E-state index in [1.54, 1.807) is 0 Å². The van der Waals surface area contributed by atoms with E-state index in [0.29, 0.717) is 0 Å². The molecule has 1 atom stereocenters. The van der Waals surface area contributed by atoms with Gasteiger partial charge < -0.3 is 9.88 Å². The van der Waals surface area contributed by atoms with E-state index in [9.17, 15) is 0 Å². The lowest BCUT2D eigenvalue weighted by molar-refractivity contribution is 0.512. The average Bonchev–Trinajstić information content (AvgIpc) is 2.99. The van der Waals surface area contributed by atoms with Crippen LogP contribution < -0.4 is 5.32 Å². The summed E-state index contributed by atoms with van der Waals surface area (Å²) in [5.74, 6) is 2.16. The van der Waals surface area contributed by atoms with Crippen LogP contribution in [0.1, 0.15) is 36.7 Å². The van der Waals surface area contributed by atoms with Gasteiger partial charge in [-0.05, 0) is 25.5 Å². The fourth-order valence-electron chi connectivity index (χ4n) is 2.34. The third-order valence-corrected chi connectivity index (χ3v) is 3.34. The molecule has 2 aromatic rings. The topological polar surface area (TPSA) is 55.6 Å². The van der Waals surface area contributed by atoms with Gasteiger partial charge in [0.05, 0.1) is 11.7 Å². The number of hydrogen-bond donors (Lipinski definition) is 1. The van der Waals surface area contributed by atoms with Gasteiger partial charge in [0.2, 0.25) is 0 Å². The highest BCUT2D eigenvalue weighted by molar-refractivity contribution is 5.06. The minimum absolute atomic E-state index is 0.200. The Morgan fingerprint density at radius 2 is 2.33 bits per heavy atom. The molecule has 0 saturated heterocycles. The van der Waals surface area contributed by atoms with Crippen LogP contribution in [0.5, 0.6) is 0 Å². The largest absolute Gasteiger partial charge is 0.314 e. The summed E-state index contributed by atoms with van der Waals surface area (Å²) in [7, 11) is 0. The summed E-state index contributed by atoms with van der Waals surface area (Å²) in [6, 6.07) is 6.15. The Hall–Kier alpha value is -1.75. The Kier molecular flexibility index (Phi) is 3.06. The molecule has 3 rings (SSSR count). The summed E-state index contributed by atoms with van der Waals surface area (Å²) in [6.45, 7) is 3.93. The van der Waals surface area contributed by atoms with Crippen LogP contribution in [0.2, 0.25) is 0 Å². The van der Waals surface area contributed by atoms with Crippen molar-refractivity contribution in [1.29, 1.82) is 0 Å². The zero-order valence-electron chi connectivity index (χ0n) is 10.5. The molecule has 1 aliphatic rings. The molecule has 0 radical (unpaired) electrons. The molecule has 5 heteroatoms. The van der Waals surface area contributed by atoms with E-state index in [0.717, 1.165) is 36.9 Å². The number of fused-ring (bicyclic) bond motifs is 1. The molecule has 18 heavy (non-hydrogen) atoms. The second kappa shape index (κ2) is 4.86. The van der Waals surface area contributed by atoms with Crippen molar-refractivity contribution >= 4 is 0 Å². The van der Waals surface area contributed by atoms with Crippen molar-refractivity contribution in [2.45, 2.75) is 38.9 Å². The average molecular weight is 243 g/mol. The monoisotopic (exact) mass is 243 g/mol. The van der Waals surface area contributed by atoms with Gasteiger partial charge in [-0.3, -0.25) is 4.98 Å². The van der Waals surface area contributed by atoms with Crippen LogP contribution in [0.4, 0.5) is 0 Å². The van der Waals surface area contributed by atoms with Crippen LogP contribution in [0.15, 0.2) is 24.4 Å². The van der Waals surface area contributed by atoms with Gasteiger partial charge in [-0.25, -0.2) is 0 Å². The molecule has 0 spiro atoms. The van der Waals surface area contributed by atoms with Crippen molar-refractivity contribution < 1.29 is 0 Å². The maximum Gasteiger partial charge on any atom is 0.149 e. The number of aryl methyl sites for hydroxylation is 1. The van der Waals surface area contributed by atoms with Crippen LogP contribution in [-0.4, -0.2) is 19.7 Å². The molecule has 0 fully saturated rings. The SMILES string of the molecule is CC(NCc1ccccn1)c1nnc2n1CCC2. The zero-order valence-corrected chi connectivity index (χ0v) is 10.5. The van der Waals surface area contributed by atoms with E-state index in [1.165, 1.54) is 6.42 Å². The molecule has 94 valence electrons. The molecule has 0 amide bonds. The second-order valence-electron chi connectivity index (χ2n) is 4.65. The fourth-order valence-corrected chi connectivity index (χ4v) is 2.34. The van der Waals surface area contributed by atoms with Crippen LogP contribution >= 0.6 is 0 Å². The van der Waals surface area contributed by atoms with E-state index in [1.807, 2.05) is 24.4 Å². The minimum Gasteiger partial charge on any atom is -0.314 e. The van der Waals surface area contributed by atoms with Gasteiger partial charge in [-0.2, -0.15) is 0 Å². The molecule has 0 saturated carbocycles. The van der Waals surface area contributed by atoms with Gasteiger partial charge in [-0.1, -0.05) is 6.07 Å². The van der Waals surface area contributed by atoms with Crippen LogP contribution in [0.3, 0.4) is 0 Å². The van der Waals surface area contributed by atoms with Gasteiger partial charge in [0.1, 0.15) is 11.6 Å². The van der Waals surface area contributed by atoms with E-state index < -0.39 is 0 Å². The van der Waals surface area contributed by atoms with Crippen molar-refractivity contribution in [2.24, 2.45) is 0 Å². The molecule has 1 unspecified atom stereocenters. The first-order valence-electron chi connectivity index (χ1n) is 6.40. The number of nitrogens with zero attached hydrogens (tertiary/aromatic N) is 4. The fraction of sp³-hybridized carbons (Fsp3) is 0.462. The highest BCUT2D eigenvalue weighted by Gasteiger charge is 2.20. The van der Waals surface area contributed by atoms with E-state index in [-0.39, 0.29) is 6.04 Å². The van der Waals surface area contributed by atoms with Crippen molar-refractivity contribution in [3.8, 4) is 0 Å². The first kappa shape index (κ1) is 11.3. The van der Waals surface area contributed by atoms with Gasteiger partial charge in [-0.15, -0.1) is 10.2 Å². The molecule has 0 aromatic carbocycles. The first-order valence-corrected chi connectivity index (χ1v) is 6.40. The number of aromatic nitrogens is 4. The Bertz CT molecular complexity index is 519. The highest BCUT2D eigenvalue weighted by atomic mass is 15.3. The first-order chi connectivity index (χ1) is 8.84. The summed E-state index contributed by atoms with van der Waals surface area (Å²) in [5.41, 5.74) is 1.05. The quantitative estimate of drug-likeness (QED) is 0.883. The number of hydrogen-bond acceptors (Lipinski definition) is 4. The Labute approximate surface area is 106 Å². The lowest BCUT2D eigenvalue weighted by Crippen LogP contribution is -2.22. The normalized spacial score (nSPS) is 15.6. The van der Waals surface area contributed by atoms with Crippen molar-refractivity contribution in [3.63, 3.8) is 0 Å². The van der Waals surface area contributed by atoms with Gasteiger partial charge in [0.25, 0.3) is 0 Å². The molecule has 5 nitrogen and oxygen atoms in total. The Balaban J connectivity index is 1.66. The highest BCUT2D eigenvalue weighted by Crippen LogP contribution is 2.18. The lowest BCUT2D eigenvalue weighted by atomic mass is 10.3. The summed E-state index contributed by atoms with van der Waals surface area (Å²) < 4.78 is 2.23. The third kappa shape index (κ3) is 2.13. The molecular formula is C13H17N5. The Morgan fingerprint density at radius 1 is 1.39 bits per heavy atom. The zero-order chi connectivity index (χ0) is 12.4. The molecule has 1 aliphatic heterocycles. The number of nitrogens with one attached hydrogen (secondary N) is 1. The predicted molar refractivity (Wildman–Crippen MR) is 67.8 cm³/mol. The second-order valence-corrected chi connectivity index (χ2v) is 4.65. The predicted octanol–water partition coefficient (Wildman–Crippen LogP) is 1.47. The van der Waals surface area contributed by atoms with Crippen molar-refractivity contribution in [3.05, 3.63) is 41.7 Å². The summed E-state index contributed by atoms with van der Waals surface area (Å²) >= 11 is 0. The van der Waals surface area contributed by atoms with Gasteiger partial charge >= 0.3 is 0 Å². The summed E-state index contributed by atoms with van der Waals surface area (Å²) in [4.78, 5) is 4.30. The van der Waals surface area contributed by atoms with E-state index in [2.05, 4.69) is 32.0 Å². The number of rotatable bonds is 4. The molecule has 2 aromatic heterocycles. The van der Waals surface area contributed by atoms with Crippen LogP contribution in [-0.2, 0) is 19.5 Å². The smallest absolute Gasteiger partial charge is 0.149 e. The van der Waals surface area contributed by atoms with Crippen LogP contribution in [0.25, 0.3) is 0 Å². The molecular weight excluding hydrogens is 226 g/mol. The van der Waals surface area contributed by atoms with Crippen molar-refractivity contribution in [2.75, 3.05) is 0 Å². The van der Waals surface area contributed by atoms with Gasteiger partial charge in [0.15, 0.2) is 0 Å². The minimum atomic E-state index is 0.200. The maximum atomic E-state index is 4.30. The molecule has 1 N–H and O–H groups in total. The summed E-state index contributed by atoms with van der Waals surface area (Å²) in [6.07, 6.45) is 4.06. The van der Waals surface area contributed by atoms with Crippen molar-refractivity contribution in [1.82, 2.24) is 25.1 Å². The van der Waals surface area contributed by atoms with E-state index in [4.69, 9.17) is 0 Å². The lowest BCUT2D eigenvalue weighted by Gasteiger charge is -2.13. The van der Waals surface area contributed by atoms with Gasteiger partial charge in [0, 0.05) is 25.7 Å². The molecule has 0 aliphatic carbocycles. The van der Waals surface area contributed by atoms with E-state index >= 15 is 0 Å². The number of pyridine rings is 1. The molecule has 3 heterocycles. The van der Waals surface area contributed by atoms with Crippen LogP contribution in [0, 0.1) is 0 Å². The maximum absolute atomic E-state index is 4.30. The summed E-state index contributed by atoms with van der Waals surface area (Å²) in [5, 5.41) is 12.0. The molecule has 0 bridgehead atoms.